The van der Waals surface area contributed by atoms with Crippen molar-refractivity contribution in [2.45, 2.75) is 43.0 Å². The molecule has 0 amide bonds. The maximum absolute atomic E-state index is 11.5. The van der Waals surface area contributed by atoms with Crippen molar-refractivity contribution in [1.29, 1.82) is 0 Å². The summed E-state index contributed by atoms with van der Waals surface area (Å²) >= 11 is 5.82. The first-order valence-electron chi connectivity index (χ1n) is 6.06. The van der Waals surface area contributed by atoms with Crippen LogP contribution in [0.4, 0.5) is 5.69 Å². The summed E-state index contributed by atoms with van der Waals surface area (Å²) in [6, 6.07) is 5.06. The van der Waals surface area contributed by atoms with Crippen molar-refractivity contribution >= 4 is 27.3 Å². The Kier molecular flexibility index (Phi) is 4.14. The van der Waals surface area contributed by atoms with E-state index in [0.717, 1.165) is 12.8 Å². The number of halogens is 1. The van der Waals surface area contributed by atoms with Crippen molar-refractivity contribution in [3.8, 4) is 0 Å². The van der Waals surface area contributed by atoms with E-state index in [-0.39, 0.29) is 4.90 Å². The Morgan fingerprint density at radius 3 is 2.50 bits per heavy atom. The zero-order chi connectivity index (χ0) is 13.2. The standard InChI is InChI=1S/C12H17ClN2O2S/c13-9-6-7-11(12(8-9)18(14,16)17)15-10-4-2-1-3-5-10/h6-8,10,15H,1-5H2,(H2,14,16,17). The van der Waals surface area contributed by atoms with Crippen LogP contribution in [0, 0.1) is 0 Å². The van der Waals surface area contributed by atoms with Crippen molar-refractivity contribution in [2.24, 2.45) is 5.14 Å². The highest BCUT2D eigenvalue weighted by Crippen LogP contribution is 2.28. The van der Waals surface area contributed by atoms with Crippen LogP contribution in [0.15, 0.2) is 23.1 Å². The van der Waals surface area contributed by atoms with Gasteiger partial charge >= 0.3 is 0 Å². The largest absolute Gasteiger partial charge is 0.381 e. The van der Waals surface area contributed by atoms with Gasteiger partial charge in [-0.25, -0.2) is 13.6 Å². The predicted molar refractivity (Wildman–Crippen MR) is 73.3 cm³/mol. The molecule has 0 spiro atoms. The van der Waals surface area contributed by atoms with Gasteiger partial charge in [0, 0.05) is 11.1 Å². The summed E-state index contributed by atoms with van der Waals surface area (Å²) in [7, 11) is -3.75. The van der Waals surface area contributed by atoms with E-state index in [1.807, 2.05) is 0 Å². The van der Waals surface area contributed by atoms with Crippen LogP contribution in [0.25, 0.3) is 0 Å². The van der Waals surface area contributed by atoms with Gasteiger partial charge in [-0.05, 0) is 31.0 Å². The highest BCUT2D eigenvalue weighted by atomic mass is 35.5. The molecule has 1 aromatic carbocycles. The molecule has 0 bridgehead atoms. The normalized spacial score (nSPS) is 17.7. The lowest BCUT2D eigenvalue weighted by Gasteiger charge is -2.24. The lowest BCUT2D eigenvalue weighted by molar-refractivity contribution is 0.462. The molecule has 1 aliphatic carbocycles. The Bertz CT molecular complexity index is 525. The van der Waals surface area contributed by atoms with E-state index < -0.39 is 10.0 Å². The van der Waals surface area contributed by atoms with E-state index in [4.69, 9.17) is 16.7 Å². The number of nitrogens with one attached hydrogen (secondary N) is 1. The summed E-state index contributed by atoms with van der Waals surface area (Å²) in [5.41, 5.74) is 0.550. The smallest absolute Gasteiger partial charge is 0.240 e. The van der Waals surface area contributed by atoms with Crippen LogP contribution in [0.1, 0.15) is 32.1 Å². The monoisotopic (exact) mass is 288 g/mol. The zero-order valence-corrected chi connectivity index (χ0v) is 11.6. The molecule has 0 aliphatic heterocycles. The Hall–Kier alpha value is -0.780. The van der Waals surface area contributed by atoms with Crippen LogP contribution in [0.3, 0.4) is 0 Å². The predicted octanol–water partition coefficient (Wildman–Crippen LogP) is 2.73. The highest BCUT2D eigenvalue weighted by Gasteiger charge is 2.19. The average molecular weight is 289 g/mol. The first-order valence-corrected chi connectivity index (χ1v) is 7.98. The molecule has 2 rings (SSSR count). The second-order valence-corrected chi connectivity index (χ2v) is 6.63. The van der Waals surface area contributed by atoms with Gasteiger partial charge in [0.25, 0.3) is 0 Å². The van der Waals surface area contributed by atoms with E-state index in [9.17, 15) is 8.42 Å². The van der Waals surface area contributed by atoms with Gasteiger partial charge in [-0.2, -0.15) is 0 Å². The van der Waals surface area contributed by atoms with Gasteiger partial charge in [0.1, 0.15) is 4.90 Å². The zero-order valence-electron chi connectivity index (χ0n) is 10.0. The fourth-order valence-electron chi connectivity index (χ4n) is 2.32. The van der Waals surface area contributed by atoms with Gasteiger partial charge in [0.05, 0.1) is 5.69 Å². The number of benzene rings is 1. The number of nitrogens with two attached hydrogens (primary N) is 1. The van der Waals surface area contributed by atoms with Crippen LogP contribution in [-0.2, 0) is 10.0 Å². The topological polar surface area (TPSA) is 72.2 Å². The number of hydrogen-bond acceptors (Lipinski definition) is 3. The number of hydrogen-bond donors (Lipinski definition) is 2. The molecule has 1 fully saturated rings. The van der Waals surface area contributed by atoms with E-state index in [1.165, 1.54) is 25.3 Å². The van der Waals surface area contributed by atoms with Gasteiger partial charge < -0.3 is 5.32 Å². The van der Waals surface area contributed by atoms with Crippen LogP contribution >= 0.6 is 11.6 Å². The maximum atomic E-state index is 11.5. The molecular formula is C12H17ClN2O2S. The molecule has 4 nitrogen and oxygen atoms in total. The first-order chi connectivity index (χ1) is 8.47. The van der Waals surface area contributed by atoms with Crippen LogP contribution in [0.5, 0.6) is 0 Å². The summed E-state index contributed by atoms with van der Waals surface area (Å²) in [6.45, 7) is 0. The Balaban J connectivity index is 2.26. The number of anilines is 1. The second kappa shape index (κ2) is 5.47. The molecule has 0 saturated heterocycles. The fourth-order valence-corrected chi connectivity index (χ4v) is 3.28. The van der Waals surface area contributed by atoms with Gasteiger partial charge in [-0.15, -0.1) is 0 Å². The quantitative estimate of drug-likeness (QED) is 0.898. The van der Waals surface area contributed by atoms with Gasteiger partial charge in [-0.1, -0.05) is 30.9 Å². The van der Waals surface area contributed by atoms with Crippen molar-refractivity contribution in [2.75, 3.05) is 5.32 Å². The molecular weight excluding hydrogens is 272 g/mol. The summed E-state index contributed by atoms with van der Waals surface area (Å²) in [5, 5.41) is 8.84. The Labute approximate surface area is 113 Å². The van der Waals surface area contributed by atoms with Crippen LogP contribution < -0.4 is 10.5 Å². The van der Waals surface area contributed by atoms with Crippen LogP contribution in [0.2, 0.25) is 5.02 Å². The third kappa shape index (κ3) is 3.37. The third-order valence-electron chi connectivity index (χ3n) is 3.21. The van der Waals surface area contributed by atoms with E-state index in [1.54, 1.807) is 12.1 Å². The number of primary sulfonamides is 1. The van der Waals surface area contributed by atoms with Crippen molar-refractivity contribution in [1.82, 2.24) is 0 Å². The molecule has 1 saturated carbocycles. The SMILES string of the molecule is NS(=O)(=O)c1cc(Cl)ccc1NC1CCCCC1. The molecule has 6 heteroatoms. The number of rotatable bonds is 3. The van der Waals surface area contributed by atoms with E-state index in [0.29, 0.717) is 16.8 Å². The van der Waals surface area contributed by atoms with Crippen molar-refractivity contribution in [3.05, 3.63) is 23.2 Å². The molecule has 0 heterocycles. The van der Waals surface area contributed by atoms with Gasteiger partial charge in [-0.3, -0.25) is 0 Å². The molecule has 1 aliphatic rings. The second-order valence-electron chi connectivity index (χ2n) is 4.66. The third-order valence-corrected chi connectivity index (χ3v) is 4.40. The minimum atomic E-state index is -3.75. The molecule has 0 aromatic heterocycles. The Morgan fingerprint density at radius 2 is 1.89 bits per heavy atom. The number of sulfonamides is 1. The van der Waals surface area contributed by atoms with Crippen molar-refractivity contribution in [3.63, 3.8) is 0 Å². The van der Waals surface area contributed by atoms with Crippen LogP contribution in [-0.4, -0.2) is 14.5 Å². The minimum Gasteiger partial charge on any atom is -0.381 e. The summed E-state index contributed by atoms with van der Waals surface area (Å²) < 4.78 is 23.1. The lowest BCUT2D eigenvalue weighted by atomic mass is 9.95. The molecule has 0 unspecified atom stereocenters. The first kappa shape index (κ1) is 13.6. The average Bonchev–Trinajstić information content (AvgIpc) is 2.31. The maximum Gasteiger partial charge on any atom is 0.240 e. The molecule has 3 N–H and O–H groups in total. The Morgan fingerprint density at radius 1 is 1.22 bits per heavy atom. The lowest BCUT2D eigenvalue weighted by Crippen LogP contribution is -2.24. The summed E-state index contributed by atoms with van der Waals surface area (Å²) in [5.74, 6) is 0. The minimum absolute atomic E-state index is 0.0700. The van der Waals surface area contributed by atoms with Gasteiger partial charge in [0.15, 0.2) is 0 Å². The highest BCUT2D eigenvalue weighted by molar-refractivity contribution is 7.89. The van der Waals surface area contributed by atoms with Gasteiger partial charge in [0.2, 0.25) is 10.0 Å². The molecule has 100 valence electrons. The molecule has 18 heavy (non-hydrogen) atoms. The van der Waals surface area contributed by atoms with E-state index >= 15 is 0 Å². The van der Waals surface area contributed by atoms with Crippen molar-refractivity contribution < 1.29 is 8.42 Å². The molecule has 0 radical (unpaired) electrons. The molecule has 1 aromatic rings. The van der Waals surface area contributed by atoms with E-state index in [2.05, 4.69) is 5.32 Å². The summed E-state index contributed by atoms with van der Waals surface area (Å²) in [4.78, 5) is 0.0700. The fraction of sp³-hybridized carbons (Fsp3) is 0.500. The summed E-state index contributed by atoms with van der Waals surface area (Å²) in [6.07, 6.45) is 5.73. The molecule has 0 atom stereocenters.